The molecule has 2 aromatic rings. The van der Waals surface area contributed by atoms with E-state index in [1.54, 1.807) is 17.0 Å². The van der Waals surface area contributed by atoms with Crippen molar-refractivity contribution in [2.45, 2.75) is 12.9 Å². The van der Waals surface area contributed by atoms with Crippen LogP contribution in [0.2, 0.25) is 0 Å². The van der Waals surface area contributed by atoms with Crippen molar-refractivity contribution in [3.8, 4) is 17.0 Å². The second-order valence-electron chi connectivity index (χ2n) is 3.99. The van der Waals surface area contributed by atoms with Crippen LogP contribution >= 0.6 is 0 Å². The topological polar surface area (TPSA) is 53.1 Å². The van der Waals surface area contributed by atoms with Gasteiger partial charge in [-0.3, -0.25) is 0 Å². The number of nitrogens with two attached hydrogens (primary N) is 1. The lowest BCUT2D eigenvalue weighted by atomic mass is 10.1. The van der Waals surface area contributed by atoms with Crippen molar-refractivity contribution in [1.29, 1.82) is 0 Å². The molecule has 7 heteroatoms. The molecule has 2 rings (SSSR count). The van der Waals surface area contributed by atoms with Gasteiger partial charge in [-0.2, -0.15) is 0 Å². The highest BCUT2D eigenvalue weighted by Crippen LogP contribution is 2.28. The Morgan fingerprint density at radius 1 is 1.30 bits per heavy atom. The van der Waals surface area contributed by atoms with E-state index in [1.165, 1.54) is 24.3 Å². The predicted molar refractivity (Wildman–Crippen MR) is 69.0 cm³/mol. The fraction of sp³-hybridized carbons (Fsp3) is 0.154. The lowest BCUT2D eigenvalue weighted by Crippen LogP contribution is -2.16. The van der Waals surface area contributed by atoms with Crippen LogP contribution in [0.3, 0.4) is 0 Å². The molecule has 0 radical (unpaired) electrons. The van der Waals surface area contributed by atoms with Crippen molar-refractivity contribution in [2.24, 2.45) is 0 Å². The van der Waals surface area contributed by atoms with Crippen LogP contribution in [0.25, 0.3) is 11.3 Å². The number of benzene rings is 1. The van der Waals surface area contributed by atoms with E-state index in [0.29, 0.717) is 23.6 Å². The van der Waals surface area contributed by atoms with Crippen LogP contribution in [0.15, 0.2) is 43.2 Å². The first-order chi connectivity index (χ1) is 9.40. The molecule has 4 nitrogen and oxygen atoms in total. The number of nitrogen functional groups attached to an aromatic ring is 1. The molecular weight excluding hydrogens is 271 g/mol. The highest BCUT2D eigenvalue weighted by Gasteiger charge is 2.31. The molecule has 0 amide bonds. The first-order valence-corrected chi connectivity index (χ1v) is 5.68. The number of ether oxygens (including phenoxy) is 1. The summed E-state index contributed by atoms with van der Waals surface area (Å²) >= 11 is 0. The summed E-state index contributed by atoms with van der Waals surface area (Å²) in [6.45, 7) is 4.11. The fourth-order valence-electron chi connectivity index (χ4n) is 1.71. The molecule has 0 spiro atoms. The van der Waals surface area contributed by atoms with Crippen molar-refractivity contribution in [3.63, 3.8) is 0 Å². The Morgan fingerprint density at radius 2 is 1.95 bits per heavy atom. The molecule has 20 heavy (non-hydrogen) atoms. The molecule has 0 bridgehead atoms. The molecule has 2 N–H and O–H groups in total. The van der Waals surface area contributed by atoms with E-state index in [9.17, 15) is 13.2 Å². The lowest BCUT2D eigenvalue weighted by Gasteiger charge is -2.09. The minimum atomic E-state index is -4.70. The van der Waals surface area contributed by atoms with E-state index in [-0.39, 0.29) is 5.75 Å². The number of halogens is 3. The van der Waals surface area contributed by atoms with E-state index in [4.69, 9.17) is 5.73 Å². The smallest absolute Gasteiger partial charge is 0.406 e. The Labute approximate surface area is 113 Å². The van der Waals surface area contributed by atoms with Crippen LogP contribution in [0, 0.1) is 0 Å². The maximum Gasteiger partial charge on any atom is 0.573 e. The molecular formula is C13H12F3N3O. The maximum atomic E-state index is 12.0. The van der Waals surface area contributed by atoms with E-state index >= 15 is 0 Å². The summed E-state index contributed by atoms with van der Waals surface area (Å²) in [6, 6.07) is 5.37. The van der Waals surface area contributed by atoms with Crippen molar-refractivity contribution in [1.82, 2.24) is 9.55 Å². The number of allylic oxidation sites excluding steroid dienone is 1. The van der Waals surface area contributed by atoms with Gasteiger partial charge in [-0.15, -0.1) is 19.8 Å². The third kappa shape index (κ3) is 3.11. The lowest BCUT2D eigenvalue weighted by molar-refractivity contribution is -0.274. The molecule has 1 heterocycles. The largest absolute Gasteiger partial charge is 0.573 e. The van der Waals surface area contributed by atoms with Gasteiger partial charge in [0.25, 0.3) is 0 Å². The minimum absolute atomic E-state index is 0.287. The predicted octanol–water partition coefficient (Wildman–Crippen LogP) is 3.22. The molecule has 0 saturated carbocycles. The summed E-state index contributed by atoms with van der Waals surface area (Å²) in [5.41, 5.74) is 7.02. The molecule has 0 unspecified atom stereocenters. The second kappa shape index (κ2) is 5.28. The number of anilines is 1. The van der Waals surface area contributed by atoms with Crippen LogP contribution < -0.4 is 10.5 Å². The minimum Gasteiger partial charge on any atom is -0.406 e. The standard InChI is InChI=1S/C13H12F3N3O/c1-2-7-19-8-18-11(12(19)17)9-3-5-10(6-4-9)20-13(14,15)16/h2-6,8H,1,7,17H2. The van der Waals surface area contributed by atoms with Gasteiger partial charge in [-0.1, -0.05) is 6.08 Å². The van der Waals surface area contributed by atoms with Gasteiger partial charge in [0.2, 0.25) is 0 Å². The molecule has 0 aliphatic rings. The van der Waals surface area contributed by atoms with E-state index in [1.807, 2.05) is 0 Å². The average Bonchev–Trinajstić information content (AvgIpc) is 2.71. The van der Waals surface area contributed by atoms with Crippen LogP contribution in [0.1, 0.15) is 0 Å². The van der Waals surface area contributed by atoms with Crippen molar-refractivity contribution in [2.75, 3.05) is 5.73 Å². The number of imidazole rings is 1. The first kappa shape index (κ1) is 14.0. The summed E-state index contributed by atoms with van der Waals surface area (Å²) < 4.78 is 41.6. The number of rotatable bonds is 4. The summed E-state index contributed by atoms with van der Waals surface area (Å²) in [4.78, 5) is 4.14. The zero-order valence-corrected chi connectivity index (χ0v) is 10.4. The monoisotopic (exact) mass is 283 g/mol. The SMILES string of the molecule is C=CCn1cnc(-c2ccc(OC(F)(F)F)cc2)c1N. The van der Waals surface area contributed by atoms with Gasteiger partial charge in [0, 0.05) is 12.1 Å². The Bertz CT molecular complexity index is 602. The normalized spacial score (nSPS) is 11.3. The number of nitrogens with zero attached hydrogens (tertiary/aromatic N) is 2. The van der Waals surface area contributed by atoms with Gasteiger partial charge < -0.3 is 15.0 Å². The zero-order chi connectivity index (χ0) is 14.8. The van der Waals surface area contributed by atoms with Gasteiger partial charge in [-0.05, 0) is 24.3 Å². The highest BCUT2D eigenvalue weighted by molar-refractivity contribution is 5.70. The highest BCUT2D eigenvalue weighted by atomic mass is 19.4. The van der Waals surface area contributed by atoms with Crippen LogP contribution in [0.5, 0.6) is 5.75 Å². The van der Waals surface area contributed by atoms with Crippen LogP contribution in [-0.4, -0.2) is 15.9 Å². The maximum absolute atomic E-state index is 12.0. The summed E-state index contributed by atoms with van der Waals surface area (Å²) in [5, 5.41) is 0. The van der Waals surface area contributed by atoms with Gasteiger partial charge >= 0.3 is 6.36 Å². The number of alkyl halides is 3. The average molecular weight is 283 g/mol. The molecule has 0 aliphatic heterocycles. The van der Waals surface area contributed by atoms with Crippen LogP contribution in [0.4, 0.5) is 19.0 Å². The van der Waals surface area contributed by atoms with E-state index in [0.717, 1.165) is 0 Å². The molecule has 0 saturated heterocycles. The Balaban J connectivity index is 2.24. The third-order valence-corrected chi connectivity index (χ3v) is 2.57. The molecule has 0 aliphatic carbocycles. The van der Waals surface area contributed by atoms with Gasteiger partial charge in [0.05, 0.1) is 6.33 Å². The van der Waals surface area contributed by atoms with Crippen molar-refractivity contribution < 1.29 is 17.9 Å². The number of hydrogen-bond donors (Lipinski definition) is 1. The van der Waals surface area contributed by atoms with Crippen molar-refractivity contribution >= 4 is 5.82 Å². The third-order valence-electron chi connectivity index (χ3n) is 2.57. The Morgan fingerprint density at radius 3 is 2.50 bits per heavy atom. The first-order valence-electron chi connectivity index (χ1n) is 5.68. The van der Waals surface area contributed by atoms with Gasteiger partial charge in [0.1, 0.15) is 17.3 Å². The summed E-state index contributed by atoms with van der Waals surface area (Å²) in [7, 11) is 0. The van der Waals surface area contributed by atoms with Gasteiger partial charge in [-0.25, -0.2) is 4.98 Å². The Kier molecular flexibility index (Phi) is 3.69. The van der Waals surface area contributed by atoms with Crippen LogP contribution in [-0.2, 0) is 6.54 Å². The number of hydrogen-bond acceptors (Lipinski definition) is 3. The number of aromatic nitrogens is 2. The molecule has 0 atom stereocenters. The summed E-state index contributed by atoms with van der Waals surface area (Å²) in [6.07, 6.45) is -1.49. The summed E-state index contributed by atoms with van der Waals surface area (Å²) in [5.74, 6) is 0.139. The Hall–Kier alpha value is -2.44. The molecule has 0 fully saturated rings. The van der Waals surface area contributed by atoms with Crippen molar-refractivity contribution in [3.05, 3.63) is 43.2 Å². The fourth-order valence-corrected chi connectivity index (χ4v) is 1.71. The molecule has 1 aromatic heterocycles. The zero-order valence-electron chi connectivity index (χ0n) is 10.4. The van der Waals surface area contributed by atoms with E-state index < -0.39 is 6.36 Å². The quantitative estimate of drug-likeness (QED) is 0.876. The second-order valence-corrected chi connectivity index (χ2v) is 3.99. The van der Waals surface area contributed by atoms with E-state index in [2.05, 4.69) is 16.3 Å². The molecule has 1 aromatic carbocycles. The molecule has 106 valence electrons. The van der Waals surface area contributed by atoms with Gasteiger partial charge in [0.15, 0.2) is 0 Å².